The number of unbranched alkanes of at least 4 members (excludes halogenated alkanes) is 1. The van der Waals surface area contributed by atoms with Gasteiger partial charge in [-0.05, 0) is 50.9 Å². The van der Waals surface area contributed by atoms with Gasteiger partial charge in [-0.2, -0.15) is 0 Å². The Balaban J connectivity index is 1.68. The van der Waals surface area contributed by atoms with Crippen LogP contribution in [0.25, 0.3) is 0 Å². The molecule has 136 valence electrons. The molecule has 2 bridgehead atoms. The van der Waals surface area contributed by atoms with E-state index in [1.165, 1.54) is 12.8 Å². The first-order chi connectivity index (χ1) is 11.7. The maximum Gasteiger partial charge on any atom is 0.303 e. The molecule has 0 saturated carbocycles. The minimum absolute atomic E-state index is 0.254. The lowest BCUT2D eigenvalue weighted by molar-refractivity contribution is -0.137. The molecule has 0 aromatic carbocycles. The zero-order valence-electron chi connectivity index (χ0n) is 14.9. The van der Waals surface area contributed by atoms with Gasteiger partial charge in [-0.15, -0.1) is 0 Å². The van der Waals surface area contributed by atoms with Crippen molar-refractivity contribution in [3.8, 4) is 0 Å². The fraction of sp³-hybridized carbons (Fsp3) is 0.750. The van der Waals surface area contributed by atoms with Gasteiger partial charge in [-0.25, -0.2) is 0 Å². The molecule has 4 nitrogen and oxygen atoms in total. The van der Waals surface area contributed by atoms with Crippen LogP contribution in [0.15, 0.2) is 24.3 Å². The van der Waals surface area contributed by atoms with Crippen molar-refractivity contribution >= 4 is 5.97 Å². The summed E-state index contributed by atoms with van der Waals surface area (Å²) in [7, 11) is 0. The van der Waals surface area contributed by atoms with E-state index in [0.29, 0.717) is 24.0 Å². The van der Waals surface area contributed by atoms with Crippen molar-refractivity contribution < 1.29 is 19.4 Å². The molecule has 0 aromatic rings. The van der Waals surface area contributed by atoms with E-state index < -0.39 is 5.97 Å². The summed E-state index contributed by atoms with van der Waals surface area (Å²) >= 11 is 0. The summed E-state index contributed by atoms with van der Waals surface area (Å²) in [5.41, 5.74) is 0. The lowest BCUT2D eigenvalue weighted by Crippen LogP contribution is -2.30. The number of hydrogen-bond donors (Lipinski definition) is 1. The van der Waals surface area contributed by atoms with Crippen LogP contribution in [-0.4, -0.2) is 36.5 Å². The summed E-state index contributed by atoms with van der Waals surface area (Å²) < 4.78 is 12.0. The monoisotopic (exact) mass is 336 g/mol. The third-order valence-corrected chi connectivity index (χ3v) is 5.07. The minimum atomic E-state index is -0.712. The van der Waals surface area contributed by atoms with Gasteiger partial charge in [-0.1, -0.05) is 31.2 Å². The average Bonchev–Trinajstić information content (AvgIpc) is 3.15. The Morgan fingerprint density at radius 1 is 1.12 bits per heavy atom. The molecule has 0 aliphatic carbocycles. The van der Waals surface area contributed by atoms with E-state index in [4.69, 9.17) is 14.6 Å². The number of ether oxygens (including phenoxy) is 2. The van der Waals surface area contributed by atoms with Crippen LogP contribution in [0.5, 0.6) is 0 Å². The summed E-state index contributed by atoms with van der Waals surface area (Å²) in [5, 5.41) is 8.64. The zero-order valence-corrected chi connectivity index (χ0v) is 14.9. The second-order valence-corrected chi connectivity index (χ2v) is 6.85. The lowest BCUT2D eigenvalue weighted by atomic mass is 9.78. The molecular weight excluding hydrogens is 304 g/mol. The molecule has 0 radical (unpaired) electrons. The molecule has 0 spiro atoms. The van der Waals surface area contributed by atoms with Crippen molar-refractivity contribution in [1.29, 1.82) is 0 Å². The number of aliphatic carboxylic acids is 1. The molecule has 4 atom stereocenters. The molecule has 0 aromatic heterocycles. The fourth-order valence-corrected chi connectivity index (χ4v) is 3.83. The van der Waals surface area contributed by atoms with E-state index >= 15 is 0 Å². The molecule has 2 aliphatic rings. The highest BCUT2D eigenvalue weighted by Crippen LogP contribution is 2.45. The second-order valence-electron chi connectivity index (χ2n) is 6.85. The number of carbonyl (C=O) groups is 1. The molecule has 2 fully saturated rings. The van der Waals surface area contributed by atoms with E-state index in [-0.39, 0.29) is 6.42 Å². The Morgan fingerprint density at radius 3 is 2.62 bits per heavy atom. The molecule has 2 saturated heterocycles. The lowest BCUT2D eigenvalue weighted by Gasteiger charge is -2.27. The maximum atomic E-state index is 10.5. The molecular formula is C20H32O4. The Bertz CT molecular complexity index is 429. The van der Waals surface area contributed by atoms with E-state index in [9.17, 15) is 4.79 Å². The molecule has 0 amide bonds. The van der Waals surface area contributed by atoms with E-state index in [0.717, 1.165) is 45.3 Å². The number of carboxylic acid groups (broad SMARTS) is 1. The summed E-state index contributed by atoms with van der Waals surface area (Å²) in [4.78, 5) is 10.5. The van der Waals surface area contributed by atoms with Crippen molar-refractivity contribution in [2.75, 3.05) is 13.2 Å². The standard InChI is InChI=1S/C20H32O4/c1-2-3-4-9-14-23-15-17-16(18-12-13-19(17)24-18)10-7-5-6-8-11-20(21)22/h3-5,7,16-19H,2,6,8-15H2,1H3,(H,21,22)/t16-,17+,18-,19+/m1/s1. The van der Waals surface area contributed by atoms with Gasteiger partial charge in [0, 0.05) is 12.3 Å². The van der Waals surface area contributed by atoms with Crippen LogP contribution in [0.1, 0.15) is 58.3 Å². The first-order valence-corrected chi connectivity index (χ1v) is 9.47. The van der Waals surface area contributed by atoms with Crippen LogP contribution in [0.2, 0.25) is 0 Å². The van der Waals surface area contributed by atoms with Crippen molar-refractivity contribution in [3.63, 3.8) is 0 Å². The Labute approximate surface area is 145 Å². The van der Waals surface area contributed by atoms with Crippen LogP contribution >= 0.6 is 0 Å². The van der Waals surface area contributed by atoms with E-state index in [1.807, 2.05) is 0 Å². The predicted molar refractivity (Wildman–Crippen MR) is 95.0 cm³/mol. The smallest absolute Gasteiger partial charge is 0.303 e. The van der Waals surface area contributed by atoms with Gasteiger partial charge >= 0.3 is 5.97 Å². The van der Waals surface area contributed by atoms with Gasteiger partial charge < -0.3 is 14.6 Å². The highest BCUT2D eigenvalue weighted by molar-refractivity contribution is 5.66. The third kappa shape index (κ3) is 6.06. The molecule has 2 aliphatic heterocycles. The average molecular weight is 336 g/mol. The number of carboxylic acids is 1. The first kappa shape index (κ1) is 19.2. The number of rotatable bonds is 12. The molecule has 0 unspecified atom stereocenters. The van der Waals surface area contributed by atoms with E-state index in [1.54, 1.807) is 0 Å². The largest absolute Gasteiger partial charge is 0.481 e. The third-order valence-electron chi connectivity index (χ3n) is 5.07. The SMILES string of the molecule is CCC=CCCOC[C@H]1[C@@H](CC=CCCCC(=O)O)[C@H]2CC[C@@H]1O2. The fourth-order valence-electron chi connectivity index (χ4n) is 3.83. The van der Waals surface area contributed by atoms with Crippen LogP contribution in [0.4, 0.5) is 0 Å². The topological polar surface area (TPSA) is 55.8 Å². The summed E-state index contributed by atoms with van der Waals surface area (Å²) in [6.45, 7) is 3.74. The van der Waals surface area contributed by atoms with Gasteiger partial charge in [0.2, 0.25) is 0 Å². The summed E-state index contributed by atoms with van der Waals surface area (Å²) in [5.74, 6) is 0.365. The summed E-state index contributed by atoms with van der Waals surface area (Å²) in [6, 6.07) is 0. The van der Waals surface area contributed by atoms with Crippen molar-refractivity contribution in [2.45, 2.75) is 70.5 Å². The van der Waals surface area contributed by atoms with Crippen molar-refractivity contribution in [1.82, 2.24) is 0 Å². The zero-order chi connectivity index (χ0) is 17.2. The first-order valence-electron chi connectivity index (χ1n) is 9.47. The van der Waals surface area contributed by atoms with Gasteiger partial charge in [-0.3, -0.25) is 4.79 Å². The molecule has 24 heavy (non-hydrogen) atoms. The quantitative estimate of drug-likeness (QED) is 0.425. The van der Waals surface area contributed by atoms with Crippen LogP contribution in [0, 0.1) is 11.8 Å². The Hall–Kier alpha value is -1.13. The van der Waals surface area contributed by atoms with Gasteiger partial charge in [0.25, 0.3) is 0 Å². The number of hydrogen-bond acceptors (Lipinski definition) is 3. The molecule has 2 rings (SSSR count). The number of allylic oxidation sites excluding steroid dienone is 3. The van der Waals surface area contributed by atoms with Crippen molar-refractivity contribution in [3.05, 3.63) is 24.3 Å². The van der Waals surface area contributed by atoms with Gasteiger partial charge in [0.15, 0.2) is 0 Å². The van der Waals surface area contributed by atoms with Gasteiger partial charge in [0.1, 0.15) is 0 Å². The molecule has 1 N–H and O–H groups in total. The van der Waals surface area contributed by atoms with E-state index in [2.05, 4.69) is 31.2 Å². The predicted octanol–water partition coefficient (Wildman–Crippen LogP) is 4.35. The molecule has 2 heterocycles. The molecule has 4 heteroatoms. The normalized spacial score (nSPS) is 29.2. The van der Waals surface area contributed by atoms with Crippen LogP contribution in [0.3, 0.4) is 0 Å². The number of fused-ring (bicyclic) bond motifs is 2. The van der Waals surface area contributed by atoms with Crippen molar-refractivity contribution in [2.24, 2.45) is 11.8 Å². The minimum Gasteiger partial charge on any atom is -0.481 e. The highest BCUT2D eigenvalue weighted by Gasteiger charge is 2.48. The van der Waals surface area contributed by atoms with Gasteiger partial charge in [0.05, 0.1) is 25.4 Å². The summed E-state index contributed by atoms with van der Waals surface area (Å²) in [6.07, 6.45) is 16.8. The second kappa shape index (κ2) is 10.7. The highest BCUT2D eigenvalue weighted by atomic mass is 16.5. The Morgan fingerprint density at radius 2 is 1.88 bits per heavy atom. The maximum absolute atomic E-state index is 10.5. The Kier molecular flexibility index (Phi) is 8.54. The van der Waals surface area contributed by atoms with Crippen LogP contribution in [-0.2, 0) is 14.3 Å². The van der Waals surface area contributed by atoms with Crippen LogP contribution < -0.4 is 0 Å².